The molecule has 1 spiro atoms. The lowest BCUT2D eigenvalue weighted by Crippen LogP contribution is -2.43. The van der Waals surface area contributed by atoms with Crippen LogP contribution in [0.2, 0.25) is 0 Å². The van der Waals surface area contributed by atoms with Crippen molar-refractivity contribution >= 4 is 23.1 Å². The maximum Gasteiger partial charge on any atom is 0.140 e. The van der Waals surface area contributed by atoms with Gasteiger partial charge in [-0.15, -0.1) is 0 Å². The summed E-state index contributed by atoms with van der Waals surface area (Å²) in [6.07, 6.45) is 9.91. The van der Waals surface area contributed by atoms with Gasteiger partial charge in [0, 0.05) is 41.3 Å². The van der Waals surface area contributed by atoms with E-state index in [0.29, 0.717) is 12.5 Å². The van der Waals surface area contributed by atoms with Gasteiger partial charge >= 0.3 is 0 Å². The van der Waals surface area contributed by atoms with Crippen LogP contribution < -0.4 is 15.1 Å². The molecule has 1 aliphatic carbocycles. The highest BCUT2D eigenvalue weighted by Crippen LogP contribution is 2.52. The molecule has 0 saturated carbocycles. The smallest absolute Gasteiger partial charge is 0.140 e. The second-order valence-corrected chi connectivity index (χ2v) is 10.9. The molecule has 1 atom stereocenters. The van der Waals surface area contributed by atoms with Crippen LogP contribution >= 0.6 is 0 Å². The summed E-state index contributed by atoms with van der Waals surface area (Å²) in [4.78, 5) is 23.7. The summed E-state index contributed by atoms with van der Waals surface area (Å²) in [6, 6.07) is 19.0. The van der Waals surface area contributed by atoms with Crippen molar-refractivity contribution in [3.05, 3.63) is 95.7 Å². The van der Waals surface area contributed by atoms with E-state index in [2.05, 4.69) is 57.4 Å². The number of hydrogen-bond donors (Lipinski definition) is 1. The van der Waals surface area contributed by atoms with E-state index in [1.807, 2.05) is 36.7 Å². The van der Waals surface area contributed by atoms with Crippen molar-refractivity contribution in [3.63, 3.8) is 0 Å². The second-order valence-electron chi connectivity index (χ2n) is 10.9. The SMILES string of the molecule is CC1CCc2ncnc(N3CC4(CCNCC4)c4c(CN(c5ccccn5)c5ccccn5)cccc43)c21. The molecule has 1 unspecified atom stereocenters. The van der Waals surface area contributed by atoms with E-state index in [0.717, 1.165) is 62.8 Å². The number of benzene rings is 1. The zero-order valence-corrected chi connectivity index (χ0v) is 21.8. The fourth-order valence-corrected chi connectivity index (χ4v) is 6.84. The molecule has 4 aromatic rings. The topological polar surface area (TPSA) is 70.1 Å². The molecule has 38 heavy (non-hydrogen) atoms. The quantitative estimate of drug-likeness (QED) is 0.390. The van der Waals surface area contributed by atoms with Gasteiger partial charge in [-0.25, -0.2) is 19.9 Å². The molecule has 1 N–H and O–H groups in total. The summed E-state index contributed by atoms with van der Waals surface area (Å²) in [6.45, 7) is 6.06. The molecule has 3 aliphatic rings. The molecule has 7 nitrogen and oxygen atoms in total. The summed E-state index contributed by atoms with van der Waals surface area (Å²) in [5.74, 6) is 3.40. The summed E-state index contributed by atoms with van der Waals surface area (Å²) in [5.41, 5.74) is 6.75. The molecular weight excluding hydrogens is 470 g/mol. The van der Waals surface area contributed by atoms with E-state index in [1.54, 1.807) is 6.33 Å². The second kappa shape index (κ2) is 9.48. The number of aryl methyl sites for hydroxylation is 1. The van der Waals surface area contributed by atoms with Gasteiger partial charge in [0.05, 0.1) is 6.54 Å². The molecule has 0 amide bonds. The van der Waals surface area contributed by atoms with Crippen molar-refractivity contribution in [3.8, 4) is 0 Å². The number of nitrogens with one attached hydrogen (secondary N) is 1. The van der Waals surface area contributed by atoms with E-state index < -0.39 is 0 Å². The third-order valence-corrected chi connectivity index (χ3v) is 8.66. The van der Waals surface area contributed by atoms with Gasteiger partial charge in [-0.3, -0.25) is 0 Å². The van der Waals surface area contributed by atoms with Crippen LogP contribution in [0.3, 0.4) is 0 Å². The molecule has 3 aromatic heterocycles. The Morgan fingerprint density at radius 2 is 1.68 bits per heavy atom. The first-order valence-electron chi connectivity index (χ1n) is 13.8. The first-order chi connectivity index (χ1) is 18.7. The number of hydrogen-bond acceptors (Lipinski definition) is 7. The number of nitrogens with zero attached hydrogens (tertiary/aromatic N) is 6. The Balaban J connectivity index is 1.37. The van der Waals surface area contributed by atoms with Crippen LogP contribution in [0.5, 0.6) is 0 Å². The zero-order valence-electron chi connectivity index (χ0n) is 21.8. The van der Waals surface area contributed by atoms with E-state index in [9.17, 15) is 0 Å². The average molecular weight is 504 g/mol. The van der Waals surface area contributed by atoms with Crippen molar-refractivity contribution in [1.82, 2.24) is 25.3 Å². The van der Waals surface area contributed by atoms with Gasteiger partial charge in [-0.05, 0) is 86.1 Å². The maximum atomic E-state index is 4.91. The van der Waals surface area contributed by atoms with Crippen molar-refractivity contribution in [1.29, 1.82) is 0 Å². The Morgan fingerprint density at radius 3 is 2.39 bits per heavy atom. The van der Waals surface area contributed by atoms with Crippen LogP contribution in [0.25, 0.3) is 0 Å². The molecule has 5 heterocycles. The van der Waals surface area contributed by atoms with E-state index in [1.165, 1.54) is 28.1 Å². The van der Waals surface area contributed by atoms with Crippen LogP contribution in [-0.4, -0.2) is 39.6 Å². The maximum absolute atomic E-state index is 4.91. The van der Waals surface area contributed by atoms with E-state index >= 15 is 0 Å². The number of fused-ring (bicyclic) bond motifs is 3. The van der Waals surface area contributed by atoms with Gasteiger partial charge in [0.1, 0.15) is 23.8 Å². The standard InChI is InChI=1S/C31H33N7/c1-22-11-12-24-28(22)30(36-21-35-24)38-20-31(13-17-32-18-14-31)29-23(7-6-8-25(29)38)19-37(26-9-2-4-15-33-26)27-10-3-5-16-34-27/h2-10,15-16,21-22,32H,11-14,17-20H2,1H3. The lowest BCUT2D eigenvalue weighted by Gasteiger charge is -2.36. The van der Waals surface area contributed by atoms with Crippen LogP contribution in [0.1, 0.15) is 54.5 Å². The van der Waals surface area contributed by atoms with E-state index in [-0.39, 0.29) is 5.41 Å². The highest BCUT2D eigenvalue weighted by molar-refractivity contribution is 5.75. The first-order valence-corrected chi connectivity index (χ1v) is 13.8. The number of anilines is 4. The van der Waals surface area contributed by atoms with Crippen molar-refractivity contribution in [2.24, 2.45) is 0 Å². The molecule has 1 saturated heterocycles. The van der Waals surface area contributed by atoms with Crippen LogP contribution in [0.15, 0.2) is 73.3 Å². The van der Waals surface area contributed by atoms with Gasteiger partial charge in [0.15, 0.2) is 0 Å². The molecule has 2 aliphatic heterocycles. The molecule has 1 fully saturated rings. The molecular formula is C31H33N7. The highest BCUT2D eigenvalue weighted by Gasteiger charge is 2.46. The lowest BCUT2D eigenvalue weighted by molar-refractivity contribution is 0.327. The van der Waals surface area contributed by atoms with Gasteiger partial charge in [0.25, 0.3) is 0 Å². The molecule has 0 radical (unpaired) electrons. The van der Waals surface area contributed by atoms with Crippen molar-refractivity contribution < 1.29 is 0 Å². The fraction of sp³-hybridized carbons (Fsp3) is 0.355. The molecule has 7 rings (SSSR count). The normalized spacial score (nSPS) is 19.4. The predicted octanol–water partition coefficient (Wildman–Crippen LogP) is 5.43. The fourth-order valence-electron chi connectivity index (χ4n) is 6.84. The van der Waals surface area contributed by atoms with Gasteiger partial charge < -0.3 is 15.1 Å². The molecule has 7 heteroatoms. The number of piperidine rings is 1. The predicted molar refractivity (Wildman–Crippen MR) is 150 cm³/mol. The Hall–Kier alpha value is -3.84. The van der Waals surface area contributed by atoms with Gasteiger partial charge in [-0.1, -0.05) is 31.2 Å². The minimum atomic E-state index is 0.0801. The summed E-state index contributed by atoms with van der Waals surface area (Å²) >= 11 is 0. The number of pyridine rings is 2. The van der Waals surface area contributed by atoms with Gasteiger partial charge in [-0.2, -0.15) is 0 Å². The molecule has 192 valence electrons. The minimum Gasteiger partial charge on any atom is -0.325 e. The van der Waals surface area contributed by atoms with E-state index in [4.69, 9.17) is 15.0 Å². The van der Waals surface area contributed by atoms with Crippen LogP contribution in [-0.2, 0) is 18.4 Å². The highest BCUT2D eigenvalue weighted by atomic mass is 15.2. The first kappa shape index (κ1) is 23.3. The summed E-state index contributed by atoms with van der Waals surface area (Å²) in [7, 11) is 0. The summed E-state index contributed by atoms with van der Waals surface area (Å²) in [5, 5.41) is 3.61. The number of rotatable bonds is 5. The number of aromatic nitrogens is 4. The van der Waals surface area contributed by atoms with Gasteiger partial charge in [0.2, 0.25) is 0 Å². The Kier molecular flexibility index (Phi) is 5.81. The lowest BCUT2D eigenvalue weighted by atomic mass is 9.73. The van der Waals surface area contributed by atoms with Crippen molar-refractivity contribution in [2.75, 3.05) is 29.4 Å². The Morgan fingerprint density at radius 1 is 0.921 bits per heavy atom. The third-order valence-electron chi connectivity index (χ3n) is 8.66. The van der Waals surface area contributed by atoms with Crippen LogP contribution in [0, 0.1) is 0 Å². The van der Waals surface area contributed by atoms with Crippen LogP contribution in [0.4, 0.5) is 23.1 Å². The largest absolute Gasteiger partial charge is 0.325 e. The molecule has 1 aromatic carbocycles. The average Bonchev–Trinajstić information content (AvgIpc) is 3.51. The zero-order chi connectivity index (χ0) is 25.5. The Bertz CT molecular complexity index is 1390. The summed E-state index contributed by atoms with van der Waals surface area (Å²) < 4.78 is 0. The molecule has 0 bridgehead atoms. The van der Waals surface area contributed by atoms with Crippen molar-refractivity contribution in [2.45, 2.75) is 50.5 Å². The monoisotopic (exact) mass is 503 g/mol. The minimum absolute atomic E-state index is 0.0801. The third kappa shape index (κ3) is 3.84. The Labute approximate surface area is 224 Å².